The number of rotatable bonds is 6. The van der Waals surface area contributed by atoms with Crippen molar-refractivity contribution < 1.29 is 9.21 Å². The zero-order valence-electron chi connectivity index (χ0n) is 12.3. The largest absolute Gasteiger partial charge is 0.467 e. The monoisotopic (exact) mass is 315 g/mol. The molecule has 1 amide bonds. The molecule has 2 aromatic heterocycles. The fourth-order valence-electron chi connectivity index (χ4n) is 2.25. The van der Waals surface area contributed by atoms with E-state index in [1.807, 2.05) is 30.3 Å². The van der Waals surface area contributed by atoms with E-state index in [4.69, 9.17) is 4.42 Å². The summed E-state index contributed by atoms with van der Waals surface area (Å²) in [5.74, 6) is 1.06. The van der Waals surface area contributed by atoms with Crippen LogP contribution in [0.2, 0.25) is 0 Å². The van der Waals surface area contributed by atoms with Crippen LogP contribution >= 0.6 is 11.8 Å². The molecule has 2 heterocycles. The number of para-hydroxylation sites is 2. The lowest BCUT2D eigenvalue weighted by Crippen LogP contribution is -2.24. The molecule has 3 aromatic rings. The summed E-state index contributed by atoms with van der Waals surface area (Å²) < 4.78 is 7.31. The molecule has 114 valence electrons. The summed E-state index contributed by atoms with van der Waals surface area (Å²) in [5.41, 5.74) is 2.06. The first-order chi connectivity index (χ1) is 10.8. The van der Waals surface area contributed by atoms with Gasteiger partial charge >= 0.3 is 0 Å². The number of nitrogens with zero attached hydrogens (tertiary/aromatic N) is 2. The molecule has 1 N–H and O–H groups in total. The van der Waals surface area contributed by atoms with E-state index >= 15 is 0 Å². The fraction of sp³-hybridized carbons (Fsp3) is 0.250. The number of hydrogen-bond acceptors (Lipinski definition) is 4. The van der Waals surface area contributed by atoms with Gasteiger partial charge in [0.15, 0.2) is 5.16 Å². The number of carbonyl (C=O) groups excluding carboxylic acids is 1. The van der Waals surface area contributed by atoms with Crippen LogP contribution in [0.25, 0.3) is 11.0 Å². The predicted molar refractivity (Wildman–Crippen MR) is 86.7 cm³/mol. The smallest absolute Gasteiger partial charge is 0.230 e. The van der Waals surface area contributed by atoms with Gasteiger partial charge in [-0.2, -0.15) is 0 Å². The van der Waals surface area contributed by atoms with Crippen molar-refractivity contribution in [3.05, 3.63) is 48.4 Å². The quantitative estimate of drug-likeness (QED) is 0.710. The average Bonchev–Trinajstić information content (AvgIpc) is 3.17. The number of furan rings is 1. The van der Waals surface area contributed by atoms with Gasteiger partial charge in [-0.15, -0.1) is 0 Å². The van der Waals surface area contributed by atoms with E-state index in [1.165, 1.54) is 11.8 Å². The van der Waals surface area contributed by atoms with Crippen LogP contribution in [0.4, 0.5) is 0 Å². The van der Waals surface area contributed by atoms with Crippen molar-refractivity contribution in [2.75, 3.05) is 5.75 Å². The summed E-state index contributed by atoms with van der Waals surface area (Å²) in [6.45, 7) is 3.32. The van der Waals surface area contributed by atoms with Gasteiger partial charge in [0.1, 0.15) is 5.76 Å². The zero-order chi connectivity index (χ0) is 15.4. The number of hydrogen-bond donors (Lipinski definition) is 1. The van der Waals surface area contributed by atoms with E-state index in [0.717, 1.165) is 28.5 Å². The van der Waals surface area contributed by atoms with Crippen LogP contribution in [0.15, 0.2) is 52.2 Å². The molecule has 6 heteroatoms. The molecule has 0 bridgehead atoms. The Labute approximate surface area is 132 Å². The number of imidazole rings is 1. The lowest BCUT2D eigenvalue weighted by Gasteiger charge is -2.06. The van der Waals surface area contributed by atoms with E-state index in [2.05, 4.69) is 21.8 Å². The molecule has 5 nitrogen and oxygen atoms in total. The van der Waals surface area contributed by atoms with E-state index in [1.54, 1.807) is 12.3 Å². The van der Waals surface area contributed by atoms with Gasteiger partial charge < -0.3 is 14.3 Å². The number of thioether (sulfide) groups is 1. The number of amides is 1. The Hall–Kier alpha value is -2.21. The summed E-state index contributed by atoms with van der Waals surface area (Å²) in [5, 5.41) is 3.71. The second-order valence-electron chi connectivity index (χ2n) is 4.77. The maximum Gasteiger partial charge on any atom is 0.230 e. The Balaban J connectivity index is 1.62. The maximum absolute atomic E-state index is 11.9. The number of nitrogens with one attached hydrogen (secondary N) is 1. The molecule has 0 unspecified atom stereocenters. The van der Waals surface area contributed by atoms with Gasteiger partial charge in [0.05, 0.1) is 29.6 Å². The fourth-order valence-corrected chi connectivity index (χ4v) is 3.16. The molecule has 0 saturated carbocycles. The standard InChI is InChI=1S/C16H17N3O2S/c1-2-19-14-8-4-3-7-13(14)18-16(19)22-11-15(20)17-10-12-6-5-9-21-12/h3-9H,2,10-11H2,1H3,(H,17,20). The third-order valence-corrected chi connectivity index (χ3v) is 4.28. The first-order valence-corrected chi connectivity index (χ1v) is 8.13. The molecule has 0 fully saturated rings. The Morgan fingerprint density at radius 2 is 2.18 bits per heavy atom. The van der Waals surface area contributed by atoms with E-state index in [0.29, 0.717) is 12.3 Å². The molecule has 0 aliphatic carbocycles. The molecule has 0 saturated heterocycles. The van der Waals surface area contributed by atoms with Crippen LogP contribution < -0.4 is 5.32 Å². The number of benzene rings is 1. The molecule has 0 aliphatic rings. The summed E-state index contributed by atoms with van der Waals surface area (Å²) in [6.07, 6.45) is 1.60. The van der Waals surface area contributed by atoms with Gasteiger partial charge in [-0.05, 0) is 31.2 Å². The Kier molecular flexibility index (Phi) is 4.48. The van der Waals surface area contributed by atoms with Crippen LogP contribution in [0.3, 0.4) is 0 Å². The second kappa shape index (κ2) is 6.70. The first kappa shape index (κ1) is 14.7. The van der Waals surface area contributed by atoms with Crippen molar-refractivity contribution in [3.8, 4) is 0 Å². The Bertz CT molecular complexity index is 765. The van der Waals surface area contributed by atoms with Gasteiger partial charge in [0, 0.05) is 6.54 Å². The van der Waals surface area contributed by atoms with Gasteiger partial charge in [0.25, 0.3) is 0 Å². The lowest BCUT2D eigenvalue weighted by molar-refractivity contribution is -0.118. The topological polar surface area (TPSA) is 60.1 Å². The SMILES string of the molecule is CCn1c(SCC(=O)NCc2ccco2)nc2ccccc21. The molecule has 0 radical (unpaired) electrons. The van der Waals surface area contributed by atoms with E-state index in [9.17, 15) is 4.79 Å². The summed E-state index contributed by atoms with van der Waals surface area (Å²) >= 11 is 1.45. The van der Waals surface area contributed by atoms with E-state index < -0.39 is 0 Å². The highest BCUT2D eigenvalue weighted by molar-refractivity contribution is 7.99. The minimum atomic E-state index is -0.0314. The van der Waals surface area contributed by atoms with Crippen molar-refractivity contribution in [2.24, 2.45) is 0 Å². The zero-order valence-corrected chi connectivity index (χ0v) is 13.1. The third-order valence-electron chi connectivity index (χ3n) is 3.31. The molecular formula is C16H17N3O2S. The van der Waals surface area contributed by atoms with Gasteiger partial charge in [0.2, 0.25) is 5.91 Å². The number of aryl methyl sites for hydroxylation is 1. The summed E-state index contributed by atoms with van der Waals surface area (Å²) in [4.78, 5) is 16.5. The molecule has 1 aromatic carbocycles. The lowest BCUT2D eigenvalue weighted by atomic mass is 10.3. The highest BCUT2D eigenvalue weighted by Crippen LogP contribution is 2.23. The predicted octanol–water partition coefficient (Wildman–Crippen LogP) is 3.06. The highest BCUT2D eigenvalue weighted by Gasteiger charge is 2.11. The number of carbonyl (C=O) groups is 1. The summed E-state index contributed by atoms with van der Waals surface area (Å²) in [7, 11) is 0. The van der Waals surface area contributed by atoms with Crippen molar-refractivity contribution in [3.63, 3.8) is 0 Å². The Morgan fingerprint density at radius 1 is 1.32 bits per heavy atom. The van der Waals surface area contributed by atoms with Crippen molar-refractivity contribution in [1.82, 2.24) is 14.9 Å². The van der Waals surface area contributed by atoms with Gasteiger partial charge in [-0.1, -0.05) is 23.9 Å². The van der Waals surface area contributed by atoms with Crippen molar-refractivity contribution >= 4 is 28.7 Å². The maximum atomic E-state index is 11.9. The van der Waals surface area contributed by atoms with Gasteiger partial charge in [-0.3, -0.25) is 4.79 Å². The highest BCUT2D eigenvalue weighted by atomic mass is 32.2. The molecule has 0 spiro atoms. The minimum Gasteiger partial charge on any atom is -0.467 e. The van der Waals surface area contributed by atoms with Gasteiger partial charge in [-0.25, -0.2) is 4.98 Å². The second-order valence-corrected chi connectivity index (χ2v) is 5.71. The Morgan fingerprint density at radius 3 is 2.95 bits per heavy atom. The van der Waals surface area contributed by atoms with Crippen LogP contribution in [-0.4, -0.2) is 21.2 Å². The van der Waals surface area contributed by atoms with Crippen molar-refractivity contribution in [2.45, 2.75) is 25.2 Å². The van der Waals surface area contributed by atoms with Crippen LogP contribution in [-0.2, 0) is 17.9 Å². The normalized spacial score (nSPS) is 11.0. The minimum absolute atomic E-state index is 0.0314. The van der Waals surface area contributed by atoms with Crippen LogP contribution in [0.1, 0.15) is 12.7 Å². The number of fused-ring (bicyclic) bond motifs is 1. The van der Waals surface area contributed by atoms with Crippen LogP contribution in [0.5, 0.6) is 0 Å². The molecule has 0 atom stereocenters. The van der Waals surface area contributed by atoms with E-state index in [-0.39, 0.29) is 5.91 Å². The average molecular weight is 315 g/mol. The number of aromatic nitrogens is 2. The van der Waals surface area contributed by atoms with Crippen molar-refractivity contribution in [1.29, 1.82) is 0 Å². The molecular weight excluding hydrogens is 298 g/mol. The summed E-state index contributed by atoms with van der Waals surface area (Å²) in [6, 6.07) is 11.7. The molecule has 3 rings (SSSR count). The third kappa shape index (κ3) is 3.17. The molecule has 22 heavy (non-hydrogen) atoms. The van der Waals surface area contributed by atoms with Crippen LogP contribution in [0, 0.1) is 0 Å². The first-order valence-electron chi connectivity index (χ1n) is 7.15. The molecule has 0 aliphatic heterocycles.